The average molecular weight is 542 g/mol. The lowest BCUT2D eigenvalue weighted by Crippen LogP contribution is -2.38. The molecule has 0 saturated heterocycles. The minimum atomic E-state index is 0. The number of thiazole rings is 1. The van der Waals surface area contributed by atoms with Crippen LogP contribution in [0.5, 0.6) is 0 Å². The number of halogens is 1. The highest BCUT2D eigenvalue weighted by molar-refractivity contribution is 8.93. The van der Waals surface area contributed by atoms with Crippen LogP contribution in [0, 0.1) is 13.8 Å². The van der Waals surface area contributed by atoms with Gasteiger partial charge in [0.25, 0.3) is 0 Å². The van der Waals surface area contributed by atoms with Gasteiger partial charge >= 0.3 is 0 Å². The van der Waals surface area contributed by atoms with Crippen LogP contribution in [0.15, 0.2) is 101 Å². The fourth-order valence-corrected chi connectivity index (χ4v) is 6.12. The van der Waals surface area contributed by atoms with Crippen LogP contribution in [0.2, 0.25) is 0 Å². The zero-order valence-corrected chi connectivity index (χ0v) is 22.6. The Morgan fingerprint density at radius 2 is 1.43 bits per heavy atom. The molecule has 4 aromatic carbocycles. The fourth-order valence-electron chi connectivity index (χ4n) is 5.10. The summed E-state index contributed by atoms with van der Waals surface area (Å²) < 4.78 is 2.40. The second kappa shape index (κ2) is 9.60. The van der Waals surface area contributed by atoms with Gasteiger partial charge in [-0.2, -0.15) is 0 Å². The Balaban J connectivity index is 0.00000253. The normalized spacial score (nSPS) is 15.0. The molecule has 0 spiro atoms. The Hall–Kier alpha value is -2.95. The molecule has 1 aliphatic carbocycles. The van der Waals surface area contributed by atoms with Gasteiger partial charge in [0.2, 0.25) is 0 Å². The van der Waals surface area contributed by atoms with Gasteiger partial charge in [-0.25, -0.2) is 4.99 Å². The van der Waals surface area contributed by atoms with Gasteiger partial charge in [-0.3, -0.25) is 4.57 Å². The largest absolute Gasteiger partial charge is 0.289 e. The van der Waals surface area contributed by atoms with E-state index in [2.05, 4.69) is 115 Å². The molecule has 176 valence electrons. The smallest absolute Gasteiger partial charge is 0.194 e. The molecular weight excluding hydrogens is 512 g/mol. The summed E-state index contributed by atoms with van der Waals surface area (Å²) in [5.74, 6) is 0. The lowest BCUT2D eigenvalue weighted by molar-refractivity contribution is 0.290. The monoisotopic (exact) mass is 540 g/mol. The number of aryl methyl sites for hydroxylation is 2. The first-order chi connectivity index (χ1) is 16.6. The van der Waals surface area contributed by atoms with E-state index in [0.717, 1.165) is 23.3 Å². The van der Waals surface area contributed by atoms with E-state index >= 15 is 0 Å². The molecule has 1 aromatic heterocycles. The molecule has 5 aromatic rings. The molecule has 35 heavy (non-hydrogen) atoms. The zero-order chi connectivity index (χ0) is 23.1. The Bertz CT molecular complexity index is 1540. The van der Waals surface area contributed by atoms with Gasteiger partial charge in [0, 0.05) is 22.2 Å². The maximum absolute atomic E-state index is 5.10. The van der Waals surface area contributed by atoms with Crippen molar-refractivity contribution in [1.82, 2.24) is 4.57 Å². The van der Waals surface area contributed by atoms with E-state index in [1.54, 1.807) is 11.3 Å². The number of hydrogen-bond acceptors (Lipinski definition) is 2. The van der Waals surface area contributed by atoms with Crippen molar-refractivity contribution in [3.63, 3.8) is 0 Å². The fraction of sp³-hybridized carbons (Fsp3) is 0.194. The quantitative estimate of drug-likeness (QED) is 0.217. The molecule has 0 N–H and O–H groups in total. The maximum atomic E-state index is 5.10. The van der Waals surface area contributed by atoms with Crippen molar-refractivity contribution in [3.05, 3.63) is 124 Å². The highest BCUT2D eigenvalue weighted by Gasteiger charge is 2.43. The molecule has 1 saturated carbocycles. The van der Waals surface area contributed by atoms with Crippen molar-refractivity contribution >= 4 is 44.8 Å². The second-order valence-corrected chi connectivity index (χ2v) is 10.4. The van der Waals surface area contributed by atoms with Gasteiger partial charge in [0.15, 0.2) is 4.80 Å². The first-order valence-corrected chi connectivity index (χ1v) is 12.9. The van der Waals surface area contributed by atoms with Crippen molar-refractivity contribution < 1.29 is 0 Å². The number of hydrogen-bond donors (Lipinski definition) is 0. The summed E-state index contributed by atoms with van der Waals surface area (Å²) in [6.07, 6.45) is 3.58. The van der Waals surface area contributed by atoms with Crippen LogP contribution in [0.25, 0.3) is 16.5 Å². The molecule has 2 nitrogen and oxygen atoms in total. The molecular formula is C31H29BrN2S. The van der Waals surface area contributed by atoms with Crippen LogP contribution < -0.4 is 4.80 Å². The standard InChI is InChI=1S/C31H28N2S.BrH/c1-22-8-14-27(15-9-22)32-30-33(28-16-10-23(2)11-17-28)29(21-34-30)31(18-5-19-31)26-13-12-24-6-3-4-7-25(24)20-26;/h3-4,6-17,20-21H,5,18-19H2,1-2H3;1H/b32-30-;. The van der Waals surface area contributed by atoms with Crippen molar-refractivity contribution in [2.45, 2.75) is 38.5 Å². The van der Waals surface area contributed by atoms with Crippen molar-refractivity contribution in [2.24, 2.45) is 4.99 Å². The first kappa shape index (κ1) is 23.8. The topological polar surface area (TPSA) is 17.3 Å². The third kappa shape index (κ3) is 4.30. The zero-order valence-electron chi connectivity index (χ0n) is 20.1. The molecule has 0 aliphatic heterocycles. The Morgan fingerprint density at radius 1 is 0.771 bits per heavy atom. The minimum absolute atomic E-state index is 0. The van der Waals surface area contributed by atoms with E-state index in [0.29, 0.717) is 0 Å². The van der Waals surface area contributed by atoms with Gasteiger partial charge in [0.1, 0.15) is 0 Å². The molecule has 1 fully saturated rings. The summed E-state index contributed by atoms with van der Waals surface area (Å²) in [7, 11) is 0. The third-order valence-electron chi connectivity index (χ3n) is 7.26. The van der Waals surface area contributed by atoms with Crippen LogP contribution >= 0.6 is 28.3 Å². The van der Waals surface area contributed by atoms with Gasteiger partial charge in [-0.15, -0.1) is 28.3 Å². The van der Waals surface area contributed by atoms with E-state index in [9.17, 15) is 0 Å². The molecule has 4 heteroatoms. The van der Waals surface area contributed by atoms with E-state index in [1.807, 2.05) is 0 Å². The summed E-state index contributed by atoms with van der Waals surface area (Å²) in [4.78, 5) is 6.12. The van der Waals surface area contributed by atoms with E-state index in [4.69, 9.17) is 4.99 Å². The van der Waals surface area contributed by atoms with Crippen LogP contribution in [0.3, 0.4) is 0 Å². The average Bonchev–Trinajstić information content (AvgIpc) is 3.24. The molecule has 0 bridgehead atoms. The molecule has 6 rings (SSSR count). The predicted molar refractivity (Wildman–Crippen MR) is 154 cm³/mol. The maximum Gasteiger partial charge on any atom is 0.194 e. The Morgan fingerprint density at radius 3 is 2.09 bits per heavy atom. The molecule has 0 radical (unpaired) electrons. The highest BCUT2D eigenvalue weighted by atomic mass is 79.9. The summed E-state index contributed by atoms with van der Waals surface area (Å²) in [6.45, 7) is 4.26. The SMILES string of the molecule is Br.Cc1ccc(/N=c2\scc(C3(c4ccc5ccccc5c4)CCC3)n2-c2ccc(C)cc2)cc1. The second-order valence-electron chi connectivity index (χ2n) is 9.52. The number of fused-ring (bicyclic) bond motifs is 1. The summed E-state index contributed by atoms with van der Waals surface area (Å²) >= 11 is 1.74. The molecule has 0 atom stereocenters. The summed E-state index contributed by atoms with van der Waals surface area (Å²) in [5, 5.41) is 4.96. The molecule has 1 aliphatic rings. The minimum Gasteiger partial charge on any atom is -0.289 e. The molecule has 0 unspecified atom stereocenters. The van der Waals surface area contributed by atoms with E-state index in [1.165, 1.54) is 45.3 Å². The van der Waals surface area contributed by atoms with Crippen LogP contribution in [0.4, 0.5) is 5.69 Å². The number of benzene rings is 4. The first-order valence-electron chi connectivity index (χ1n) is 12.0. The number of nitrogens with zero attached hydrogens (tertiary/aromatic N) is 2. The highest BCUT2D eigenvalue weighted by Crippen LogP contribution is 2.50. The molecule has 1 heterocycles. The third-order valence-corrected chi connectivity index (χ3v) is 8.08. The Kier molecular flexibility index (Phi) is 6.52. The van der Waals surface area contributed by atoms with Crippen molar-refractivity contribution in [3.8, 4) is 5.69 Å². The van der Waals surface area contributed by atoms with Crippen LogP contribution in [-0.4, -0.2) is 4.57 Å². The van der Waals surface area contributed by atoms with Crippen LogP contribution in [0.1, 0.15) is 41.6 Å². The van der Waals surface area contributed by atoms with Crippen molar-refractivity contribution in [2.75, 3.05) is 0 Å². The number of rotatable bonds is 4. The lowest BCUT2D eigenvalue weighted by Gasteiger charge is -2.43. The predicted octanol–water partition coefficient (Wildman–Crippen LogP) is 8.59. The summed E-state index contributed by atoms with van der Waals surface area (Å²) in [5.41, 5.74) is 7.49. The van der Waals surface area contributed by atoms with E-state index < -0.39 is 0 Å². The van der Waals surface area contributed by atoms with Gasteiger partial charge in [-0.1, -0.05) is 84.3 Å². The van der Waals surface area contributed by atoms with Gasteiger partial charge in [0.05, 0.1) is 5.69 Å². The van der Waals surface area contributed by atoms with Crippen molar-refractivity contribution in [1.29, 1.82) is 0 Å². The lowest BCUT2D eigenvalue weighted by atomic mass is 9.62. The van der Waals surface area contributed by atoms with E-state index in [-0.39, 0.29) is 22.4 Å². The van der Waals surface area contributed by atoms with Gasteiger partial charge < -0.3 is 0 Å². The van der Waals surface area contributed by atoms with Crippen LogP contribution in [-0.2, 0) is 5.41 Å². The molecule has 0 amide bonds. The number of aromatic nitrogens is 1. The Labute approximate surface area is 221 Å². The van der Waals surface area contributed by atoms with Gasteiger partial charge in [-0.05, 0) is 67.3 Å². The summed E-state index contributed by atoms with van der Waals surface area (Å²) in [6, 6.07) is 33.0.